The van der Waals surface area contributed by atoms with Crippen LogP contribution in [-0.4, -0.2) is 35.2 Å². The van der Waals surface area contributed by atoms with Crippen LogP contribution < -0.4 is 10.2 Å². The highest BCUT2D eigenvalue weighted by atomic mass is 19.3. The lowest BCUT2D eigenvalue weighted by Gasteiger charge is -2.33. The molecule has 1 aliphatic heterocycles. The monoisotopic (exact) mass is 257 g/mol. The van der Waals surface area contributed by atoms with E-state index in [0.717, 1.165) is 0 Å². The fourth-order valence-corrected chi connectivity index (χ4v) is 1.93. The number of carbonyl (C=O) groups is 1. The van der Waals surface area contributed by atoms with E-state index in [1.54, 1.807) is 0 Å². The first-order chi connectivity index (χ1) is 8.46. The zero-order chi connectivity index (χ0) is 13.2. The fraction of sp³-hybridized carbons (Fsp3) is 0.455. The Balaban J connectivity index is 2.07. The van der Waals surface area contributed by atoms with Gasteiger partial charge in [0.2, 0.25) is 0 Å². The van der Waals surface area contributed by atoms with Gasteiger partial charge in [0.15, 0.2) is 0 Å². The van der Waals surface area contributed by atoms with Gasteiger partial charge in [0.05, 0.1) is 18.4 Å². The molecule has 0 unspecified atom stereocenters. The average molecular weight is 257 g/mol. The van der Waals surface area contributed by atoms with Gasteiger partial charge in [-0.05, 0) is 18.6 Å². The Hall–Kier alpha value is -1.92. The highest BCUT2D eigenvalue weighted by Crippen LogP contribution is 2.29. The molecule has 0 radical (unpaired) electrons. The second kappa shape index (κ2) is 4.75. The Kier molecular flexibility index (Phi) is 3.31. The maximum Gasteiger partial charge on any atom is 0.409 e. The van der Waals surface area contributed by atoms with Crippen LogP contribution in [-0.2, 0) is 0 Å². The summed E-state index contributed by atoms with van der Waals surface area (Å²) in [4.78, 5) is 15.9. The van der Waals surface area contributed by atoms with E-state index in [-0.39, 0.29) is 13.0 Å². The summed E-state index contributed by atoms with van der Waals surface area (Å²) in [7, 11) is 0. The molecule has 2 N–H and O–H groups in total. The number of rotatable bonds is 2. The van der Waals surface area contributed by atoms with Crippen LogP contribution in [0.1, 0.15) is 12.8 Å². The first kappa shape index (κ1) is 12.5. The zero-order valence-electron chi connectivity index (χ0n) is 9.57. The average Bonchev–Trinajstić information content (AvgIpc) is 2.28. The van der Waals surface area contributed by atoms with E-state index < -0.39 is 12.0 Å². The van der Waals surface area contributed by atoms with Crippen molar-refractivity contribution in [2.75, 3.05) is 23.3 Å². The third kappa shape index (κ3) is 3.06. The molecular weight excluding hydrogens is 244 g/mol. The molecule has 7 heteroatoms. The molecule has 1 fully saturated rings. The molecule has 1 amide bonds. The second-order valence-corrected chi connectivity index (χ2v) is 4.22. The lowest BCUT2D eigenvalue weighted by Crippen LogP contribution is -2.43. The lowest BCUT2D eigenvalue weighted by atomic mass is 10.1. The van der Waals surface area contributed by atoms with Gasteiger partial charge < -0.3 is 10.0 Å². The Labute approximate surface area is 102 Å². The molecule has 1 aromatic rings. The second-order valence-electron chi connectivity index (χ2n) is 4.22. The third-order valence-electron chi connectivity index (χ3n) is 2.72. The standard InChI is InChI=1S/C11H13F2N3O2/c12-11(13)4-1-5-16(7-11)9-3-2-8(6-14-9)15-10(17)18/h2-3,6,15H,1,4-5,7H2,(H,17,18). The van der Waals surface area contributed by atoms with Gasteiger partial charge in [-0.3, -0.25) is 5.32 Å². The van der Waals surface area contributed by atoms with Gasteiger partial charge in [-0.25, -0.2) is 18.6 Å². The quantitative estimate of drug-likeness (QED) is 0.853. The molecule has 0 spiro atoms. The number of carboxylic acid groups (broad SMARTS) is 1. The fourth-order valence-electron chi connectivity index (χ4n) is 1.93. The Bertz CT molecular complexity index is 436. The van der Waals surface area contributed by atoms with Gasteiger partial charge >= 0.3 is 6.09 Å². The summed E-state index contributed by atoms with van der Waals surface area (Å²) in [6, 6.07) is 3.04. The van der Waals surface area contributed by atoms with Gasteiger partial charge in [-0.2, -0.15) is 0 Å². The van der Waals surface area contributed by atoms with Crippen molar-refractivity contribution in [2.45, 2.75) is 18.8 Å². The molecule has 0 bridgehead atoms. The van der Waals surface area contributed by atoms with Gasteiger partial charge in [0, 0.05) is 13.0 Å². The number of nitrogens with one attached hydrogen (secondary N) is 1. The number of halogens is 2. The number of piperidine rings is 1. The number of pyridine rings is 1. The molecule has 1 aliphatic rings. The Morgan fingerprint density at radius 3 is 2.83 bits per heavy atom. The van der Waals surface area contributed by atoms with Crippen LogP contribution in [0.3, 0.4) is 0 Å². The minimum absolute atomic E-state index is 0.0951. The van der Waals surface area contributed by atoms with Crippen LogP contribution in [0.5, 0.6) is 0 Å². The number of hydrogen-bond acceptors (Lipinski definition) is 3. The summed E-state index contributed by atoms with van der Waals surface area (Å²) < 4.78 is 26.5. The predicted molar refractivity (Wildman–Crippen MR) is 62.3 cm³/mol. The van der Waals surface area contributed by atoms with E-state index >= 15 is 0 Å². The lowest BCUT2D eigenvalue weighted by molar-refractivity contribution is -0.0118. The summed E-state index contributed by atoms with van der Waals surface area (Å²) in [5, 5.41) is 10.6. The SMILES string of the molecule is O=C(O)Nc1ccc(N2CCCC(F)(F)C2)nc1. The summed E-state index contributed by atoms with van der Waals surface area (Å²) in [6.45, 7) is 0.194. The van der Waals surface area contributed by atoms with Crippen LogP contribution in [0.2, 0.25) is 0 Å². The zero-order valence-corrected chi connectivity index (χ0v) is 9.57. The van der Waals surface area contributed by atoms with Crippen molar-refractivity contribution in [3.63, 3.8) is 0 Å². The molecule has 0 aliphatic carbocycles. The smallest absolute Gasteiger partial charge is 0.409 e. The van der Waals surface area contributed by atoms with Gasteiger partial charge in [-0.15, -0.1) is 0 Å². The van der Waals surface area contributed by atoms with E-state index in [1.165, 1.54) is 23.2 Å². The molecule has 1 saturated heterocycles. The van der Waals surface area contributed by atoms with Crippen LogP contribution in [0.4, 0.5) is 25.1 Å². The largest absolute Gasteiger partial charge is 0.465 e. The van der Waals surface area contributed by atoms with Crippen molar-refractivity contribution in [3.8, 4) is 0 Å². The van der Waals surface area contributed by atoms with Crippen molar-refractivity contribution < 1.29 is 18.7 Å². The van der Waals surface area contributed by atoms with E-state index in [4.69, 9.17) is 5.11 Å². The van der Waals surface area contributed by atoms with Crippen LogP contribution in [0.25, 0.3) is 0 Å². The summed E-state index contributed by atoms with van der Waals surface area (Å²) >= 11 is 0. The third-order valence-corrected chi connectivity index (χ3v) is 2.72. The van der Waals surface area contributed by atoms with Crippen molar-refractivity contribution in [3.05, 3.63) is 18.3 Å². The molecule has 2 rings (SSSR count). The first-order valence-corrected chi connectivity index (χ1v) is 5.55. The van der Waals surface area contributed by atoms with Gasteiger partial charge in [0.1, 0.15) is 5.82 Å². The number of hydrogen-bond donors (Lipinski definition) is 2. The van der Waals surface area contributed by atoms with E-state index in [2.05, 4.69) is 10.3 Å². The maximum absolute atomic E-state index is 13.2. The Morgan fingerprint density at radius 2 is 2.28 bits per heavy atom. The van der Waals surface area contributed by atoms with Gasteiger partial charge in [0.25, 0.3) is 5.92 Å². The van der Waals surface area contributed by atoms with E-state index in [0.29, 0.717) is 24.5 Å². The summed E-state index contributed by atoms with van der Waals surface area (Å²) in [6.07, 6.45) is 0.455. The number of nitrogens with zero attached hydrogens (tertiary/aromatic N) is 2. The van der Waals surface area contributed by atoms with E-state index in [1.807, 2.05) is 0 Å². The molecule has 0 saturated carbocycles. The topological polar surface area (TPSA) is 65.5 Å². The minimum atomic E-state index is -2.68. The summed E-state index contributed by atoms with van der Waals surface area (Å²) in [5.41, 5.74) is 0.315. The number of amides is 1. The minimum Gasteiger partial charge on any atom is -0.465 e. The molecule has 98 valence electrons. The predicted octanol–water partition coefficient (Wildman–Crippen LogP) is 2.41. The van der Waals surface area contributed by atoms with Crippen LogP contribution in [0.15, 0.2) is 18.3 Å². The van der Waals surface area contributed by atoms with Crippen LogP contribution >= 0.6 is 0 Å². The number of alkyl halides is 2. The number of aromatic nitrogens is 1. The molecule has 2 heterocycles. The molecule has 5 nitrogen and oxygen atoms in total. The maximum atomic E-state index is 13.2. The molecule has 1 aromatic heterocycles. The van der Waals surface area contributed by atoms with Crippen molar-refractivity contribution in [1.82, 2.24) is 4.98 Å². The van der Waals surface area contributed by atoms with Gasteiger partial charge in [-0.1, -0.05) is 0 Å². The number of anilines is 2. The molecule has 0 atom stereocenters. The van der Waals surface area contributed by atoms with E-state index in [9.17, 15) is 13.6 Å². The highest BCUT2D eigenvalue weighted by molar-refractivity contribution is 5.82. The normalized spacial score (nSPS) is 18.4. The summed E-state index contributed by atoms with van der Waals surface area (Å²) in [5.74, 6) is -2.25. The highest BCUT2D eigenvalue weighted by Gasteiger charge is 2.35. The molecule has 0 aromatic carbocycles. The van der Waals surface area contributed by atoms with Crippen molar-refractivity contribution in [2.24, 2.45) is 0 Å². The van der Waals surface area contributed by atoms with Crippen molar-refractivity contribution in [1.29, 1.82) is 0 Å². The van der Waals surface area contributed by atoms with Crippen LogP contribution in [0, 0.1) is 0 Å². The van der Waals surface area contributed by atoms with Crippen molar-refractivity contribution >= 4 is 17.6 Å². The molecular formula is C11H13F2N3O2. The first-order valence-electron chi connectivity index (χ1n) is 5.55. The Morgan fingerprint density at radius 1 is 1.50 bits per heavy atom. The molecule has 18 heavy (non-hydrogen) atoms.